The highest BCUT2D eigenvalue weighted by Crippen LogP contribution is 2.36. The lowest BCUT2D eigenvalue weighted by Crippen LogP contribution is -2.10. The van der Waals surface area contributed by atoms with E-state index in [-0.39, 0.29) is 12.6 Å². The van der Waals surface area contributed by atoms with Crippen LogP contribution in [0.25, 0.3) is 0 Å². The average molecular weight is 277 g/mol. The number of thiophene rings is 1. The molecule has 0 bridgehead atoms. The second kappa shape index (κ2) is 4.77. The molecule has 0 atom stereocenters. The van der Waals surface area contributed by atoms with Crippen LogP contribution in [0.2, 0.25) is 0 Å². The first-order valence-corrected chi connectivity index (χ1v) is 7.16. The second-order valence-electron chi connectivity index (χ2n) is 4.77. The van der Waals surface area contributed by atoms with Crippen LogP contribution in [0.1, 0.15) is 45.8 Å². The molecule has 1 aliphatic rings. The Balaban J connectivity index is 1.70. The largest absolute Gasteiger partial charge is 0.453 e. The van der Waals surface area contributed by atoms with Crippen molar-refractivity contribution in [2.24, 2.45) is 0 Å². The van der Waals surface area contributed by atoms with Crippen molar-refractivity contribution >= 4 is 17.3 Å². The third-order valence-electron chi connectivity index (χ3n) is 3.23. The minimum absolute atomic E-state index is 0.188. The number of aryl methyl sites for hydroxylation is 2. The van der Waals surface area contributed by atoms with Crippen LogP contribution >= 0.6 is 11.3 Å². The van der Waals surface area contributed by atoms with E-state index >= 15 is 0 Å². The number of esters is 1. The number of nitrogens with zero attached hydrogens (tertiary/aromatic N) is 3. The van der Waals surface area contributed by atoms with Crippen LogP contribution in [0.3, 0.4) is 0 Å². The first-order valence-electron chi connectivity index (χ1n) is 6.28. The molecule has 100 valence electrons. The van der Waals surface area contributed by atoms with Gasteiger partial charge in [-0.3, -0.25) is 0 Å². The van der Waals surface area contributed by atoms with Gasteiger partial charge in [-0.15, -0.1) is 21.5 Å². The van der Waals surface area contributed by atoms with E-state index in [2.05, 4.69) is 14.8 Å². The van der Waals surface area contributed by atoms with Gasteiger partial charge >= 0.3 is 5.97 Å². The highest BCUT2D eigenvalue weighted by atomic mass is 32.1. The molecule has 0 aromatic carbocycles. The zero-order valence-corrected chi connectivity index (χ0v) is 11.7. The van der Waals surface area contributed by atoms with E-state index in [1.165, 1.54) is 11.3 Å². The summed E-state index contributed by atoms with van der Waals surface area (Å²) in [4.78, 5) is 12.6. The first kappa shape index (κ1) is 12.3. The minimum atomic E-state index is -0.282. The quantitative estimate of drug-likeness (QED) is 0.806. The highest BCUT2D eigenvalue weighted by molar-refractivity contribution is 7.12. The third-order valence-corrected chi connectivity index (χ3v) is 4.23. The van der Waals surface area contributed by atoms with Crippen molar-refractivity contribution in [1.29, 1.82) is 0 Å². The van der Waals surface area contributed by atoms with E-state index in [0.29, 0.717) is 10.9 Å². The number of rotatable bonds is 4. The molecule has 0 unspecified atom stereocenters. The van der Waals surface area contributed by atoms with Crippen molar-refractivity contribution in [3.8, 4) is 0 Å². The summed E-state index contributed by atoms with van der Waals surface area (Å²) in [6, 6.07) is 2.41. The van der Waals surface area contributed by atoms with E-state index in [1.54, 1.807) is 0 Å². The van der Waals surface area contributed by atoms with Crippen LogP contribution in [0, 0.1) is 13.8 Å². The molecule has 1 saturated carbocycles. The van der Waals surface area contributed by atoms with Crippen LogP contribution in [-0.2, 0) is 11.3 Å². The van der Waals surface area contributed by atoms with Crippen LogP contribution in [0.5, 0.6) is 0 Å². The smallest absolute Gasteiger partial charge is 0.349 e. The molecule has 0 N–H and O–H groups in total. The summed E-state index contributed by atoms with van der Waals surface area (Å²) in [5, 5.41) is 10.0. The Labute approximate surface area is 115 Å². The van der Waals surface area contributed by atoms with E-state index < -0.39 is 0 Å². The van der Waals surface area contributed by atoms with Gasteiger partial charge in [0.2, 0.25) is 0 Å². The van der Waals surface area contributed by atoms with Crippen molar-refractivity contribution in [3.63, 3.8) is 0 Å². The van der Waals surface area contributed by atoms with Gasteiger partial charge in [-0.1, -0.05) is 0 Å². The number of ether oxygens (including phenoxy) is 1. The molecule has 1 fully saturated rings. The van der Waals surface area contributed by atoms with E-state index in [1.807, 2.05) is 25.3 Å². The normalized spacial score (nSPS) is 14.6. The maximum Gasteiger partial charge on any atom is 0.349 e. The average Bonchev–Trinajstić information content (AvgIpc) is 3.02. The Hall–Kier alpha value is -1.69. The molecule has 0 radical (unpaired) electrons. The van der Waals surface area contributed by atoms with Gasteiger partial charge in [-0.25, -0.2) is 4.79 Å². The van der Waals surface area contributed by atoms with Crippen LogP contribution in [-0.4, -0.2) is 20.7 Å². The highest BCUT2D eigenvalue weighted by Gasteiger charge is 2.28. The monoisotopic (exact) mass is 277 g/mol. The summed E-state index contributed by atoms with van der Waals surface area (Å²) in [6.07, 6.45) is 2.31. The molecular weight excluding hydrogens is 262 g/mol. The molecule has 5 nitrogen and oxygen atoms in total. The van der Waals surface area contributed by atoms with Gasteiger partial charge in [0.1, 0.15) is 10.7 Å². The third kappa shape index (κ3) is 2.40. The molecule has 6 heteroatoms. The Morgan fingerprint density at radius 3 is 2.89 bits per heavy atom. The number of hydrogen-bond donors (Lipinski definition) is 0. The van der Waals surface area contributed by atoms with Crippen LogP contribution in [0.15, 0.2) is 11.4 Å². The minimum Gasteiger partial charge on any atom is -0.453 e. The number of carbonyl (C=O) groups excluding carboxylic acids is 1. The van der Waals surface area contributed by atoms with Crippen LogP contribution in [0.4, 0.5) is 0 Å². The zero-order chi connectivity index (χ0) is 13.4. The standard InChI is InChI=1S/C13H15N3O2S/c1-8-5-6-19-12(8)13(17)18-7-11-15-14-9(2)16(11)10-3-4-10/h5-6,10H,3-4,7H2,1-2H3. The maximum atomic E-state index is 11.9. The maximum absolute atomic E-state index is 11.9. The molecule has 3 rings (SSSR count). The predicted octanol–water partition coefficient (Wildman–Crippen LogP) is 2.65. The van der Waals surface area contributed by atoms with Gasteiger partial charge in [0.15, 0.2) is 12.4 Å². The molecule has 2 aromatic heterocycles. The summed E-state index contributed by atoms with van der Waals surface area (Å²) in [7, 11) is 0. The Bertz CT molecular complexity index is 613. The lowest BCUT2D eigenvalue weighted by Gasteiger charge is -2.07. The Morgan fingerprint density at radius 1 is 1.47 bits per heavy atom. The predicted molar refractivity (Wildman–Crippen MR) is 71.2 cm³/mol. The lowest BCUT2D eigenvalue weighted by molar-refractivity contribution is 0.0462. The summed E-state index contributed by atoms with van der Waals surface area (Å²) in [5.41, 5.74) is 0.954. The summed E-state index contributed by atoms with van der Waals surface area (Å²) in [6.45, 7) is 4.03. The number of carbonyl (C=O) groups is 1. The van der Waals surface area contributed by atoms with Gasteiger partial charge < -0.3 is 9.30 Å². The number of aromatic nitrogens is 3. The van der Waals surface area contributed by atoms with Gasteiger partial charge in [0.25, 0.3) is 0 Å². The molecule has 2 aromatic rings. The summed E-state index contributed by atoms with van der Waals surface area (Å²) < 4.78 is 7.41. The Kier molecular flexibility index (Phi) is 3.10. The van der Waals surface area contributed by atoms with Crippen molar-refractivity contribution in [3.05, 3.63) is 33.5 Å². The Morgan fingerprint density at radius 2 is 2.26 bits per heavy atom. The fourth-order valence-electron chi connectivity index (χ4n) is 2.10. The molecule has 2 heterocycles. The van der Waals surface area contributed by atoms with Crippen molar-refractivity contribution < 1.29 is 9.53 Å². The SMILES string of the molecule is Cc1ccsc1C(=O)OCc1nnc(C)n1C1CC1. The van der Waals surface area contributed by atoms with Crippen LogP contribution < -0.4 is 0 Å². The topological polar surface area (TPSA) is 57.0 Å². The summed E-state index contributed by atoms with van der Waals surface area (Å²) >= 11 is 1.40. The van der Waals surface area contributed by atoms with E-state index in [4.69, 9.17) is 4.74 Å². The fourth-order valence-corrected chi connectivity index (χ4v) is 2.91. The summed E-state index contributed by atoms with van der Waals surface area (Å²) in [5.74, 6) is 1.35. The van der Waals surface area contributed by atoms with E-state index in [9.17, 15) is 4.79 Å². The van der Waals surface area contributed by atoms with Crippen molar-refractivity contribution in [2.45, 2.75) is 39.3 Å². The molecule has 0 aliphatic heterocycles. The van der Waals surface area contributed by atoms with Gasteiger partial charge in [-0.05, 0) is 43.7 Å². The first-order chi connectivity index (χ1) is 9.16. The van der Waals surface area contributed by atoms with Gasteiger partial charge in [0.05, 0.1) is 0 Å². The van der Waals surface area contributed by atoms with Gasteiger partial charge in [0, 0.05) is 6.04 Å². The molecule has 0 spiro atoms. The molecule has 1 aliphatic carbocycles. The van der Waals surface area contributed by atoms with Gasteiger partial charge in [-0.2, -0.15) is 0 Å². The fraction of sp³-hybridized carbons (Fsp3) is 0.462. The second-order valence-corrected chi connectivity index (χ2v) is 5.69. The van der Waals surface area contributed by atoms with Crippen molar-refractivity contribution in [2.75, 3.05) is 0 Å². The van der Waals surface area contributed by atoms with Crippen molar-refractivity contribution in [1.82, 2.24) is 14.8 Å². The molecule has 0 amide bonds. The molecular formula is C13H15N3O2S. The van der Waals surface area contributed by atoms with E-state index in [0.717, 1.165) is 30.1 Å². The lowest BCUT2D eigenvalue weighted by atomic mass is 10.3. The molecule has 0 saturated heterocycles. The molecule has 19 heavy (non-hydrogen) atoms. The number of hydrogen-bond acceptors (Lipinski definition) is 5. The zero-order valence-electron chi connectivity index (χ0n) is 10.9.